The first-order valence-electron chi connectivity index (χ1n) is 6.80. The average Bonchev–Trinajstić information content (AvgIpc) is 2.61. The molecule has 2 aromatic rings. The normalized spacial score (nSPS) is 12.7. The summed E-state index contributed by atoms with van der Waals surface area (Å²) in [5.74, 6) is 0. The van der Waals surface area contributed by atoms with Crippen molar-refractivity contribution in [1.29, 1.82) is 0 Å². The first-order chi connectivity index (χ1) is 9.38. The van der Waals surface area contributed by atoms with Gasteiger partial charge in [0.05, 0.1) is 11.8 Å². The molecule has 0 fully saturated rings. The topological polar surface area (TPSA) is 38.1 Å². The van der Waals surface area contributed by atoms with E-state index in [2.05, 4.69) is 37.1 Å². The van der Waals surface area contributed by atoms with Crippen LogP contribution in [-0.2, 0) is 19.9 Å². The van der Waals surface area contributed by atoms with Gasteiger partial charge in [0.15, 0.2) is 0 Å². The molecule has 1 aromatic heterocycles. The lowest BCUT2D eigenvalue weighted by Gasteiger charge is -2.12. The Balaban J connectivity index is 2.08. The van der Waals surface area contributed by atoms with E-state index in [1.807, 2.05) is 14.0 Å². The molecule has 1 N–H and O–H groups in total. The average molecular weight is 293 g/mol. The highest BCUT2D eigenvalue weighted by molar-refractivity contribution is 6.30. The van der Waals surface area contributed by atoms with Crippen LogP contribution in [0.2, 0.25) is 5.15 Å². The van der Waals surface area contributed by atoms with E-state index in [4.69, 9.17) is 11.6 Å². The largest absolute Gasteiger partial charge is 0.392 e. The third-order valence-corrected chi connectivity index (χ3v) is 4.23. The Bertz CT molecular complexity index is 619. The molecule has 3 nitrogen and oxygen atoms in total. The van der Waals surface area contributed by atoms with Crippen LogP contribution in [-0.4, -0.2) is 21.0 Å². The molecule has 0 amide bonds. The van der Waals surface area contributed by atoms with Gasteiger partial charge in [-0.15, -0.1) is 0 Å². The third kappa shape index (κ3) is 3.22. The number of rotatable bonds is 4. The summed E-state index contributed by atoms with van der Waals surface area (Å²) in [6, 6.07) is 6.30. The zero-order valence-corrected chi connectivity index (χ0v) is 13.2. The predicted molar refractivity (Wildman–Crippen MR) is 82.3 cm³/mol. The summed E-state index contributed by atoms with van der Waals surface area (Å²) in [6.45, 7) is 6.10. The first-order valence-corrected chi connectivity index (χ1v) is 7.18. The minimum Gasteiger partial charge on any atom is -0.392 e. The van der Waals surface area contributed by atoms with Gasteiger partial charge in [0.1, 0.15) is 5.15 Å². The van der Waals surface area contributed by atoms with Gasteiger partial charge in [-0.2, -0.15) is 5.10 Å². The van der Waals surface area contributed by atoms with E-state index in [0.29, 0.717) is 18.0 Å². The quantitative estimate of drug-likeness (QED) is 0.940. The number of aliphatic hydroxyl groups excluding tert-OH is 1. The van der Waals surface area contributed by atoms with Gasteiger partial charge < -0.3 is 5.11 Å². The van der Waals surface area contributed by atoms with Gasteiger partial charge in [0.25, 0.3) is 0 Å². The van der Waals surface area contributed by atoms with Crippen molar-refractivity contribution >= 4 is 11.6 Å². The zero-order valence-electron chi connectivity index (χ0n) is 12.4. The monoisotopic (exact) mass is 292 g/mol. The molecule has 0 radical (unpaired) electrons. The van der Waals surface area contributed by atoms with Crippen LogP contribution in [0.3, 0.4) is 0 Å². The van der Waals surface area contributed by atoms with Gasteiger partial charge in [-0.25, -0.2) is 0 Å². The number of hydrogen-bond acceptors (Lipinski definition) is 2. The molecule has 0 aliphatic carbocycles. The Hall–Kier alpha value is -1.32. The number of aliphatic hydroxyl groups is 1. The summed E-state index contributed by atoms with van der Waals surface area (Å²) < 4.78 is 1.65. The summed E-state index contributed by atoms with van der Waals surface area (Å²) in [6.07, 6.45) is 0.717. The number of hydrogen-bond donors (Lipinski definition) is 1. The van der Waals surface area contributed by atoms with Gasteiger partial charge in [-0.3, -0.25) is 4.68 Å². The molecule has 1 atom stereocenters. The summed E-state index contributed by atoms with van der Waals surface area (Å²) in [7, 11) is 1.81. The Morgan fingerprint density at radius 1 is 1.20 bits per heavy atom. The van der Waals surface area contributed by atoms with Crippen molar-refractivity contribution in [2.24, 2.45) is 7.05 Å². The third-order valence-electron chi connectivity index (χ3n) is 3.75. The molecule has 1 aromatic carbocycles. The van der Waals surface area contributed by atoms with Gasteiger partial charge in [0.2, 0.25) is 0 Å². The van der Waals surface area contributed by atoms with Crippen molar-refractivity contribution in [2.75, 3.05) is 0 Å². The molecule has 0 saturated heterocycles. The molecule has 4 heteroatoms. The number of aryl methyl sites for hydroxylation is 4. The molecule has 0 bridgehead atoms. The second-order valence-corrected chi connectivity index (χ2v) is 5.82. The van der Waals surface area contributed by atoms with E-state index in [0.717, 1.165) is 16.8 Å². The van der Waals surface area contributed by atoms with Gasteiger partial charge >= 0.3 is 0 Å². The summed E-state index contributed by atoms with van der Waals surface area (Å²) in [5.41, 5.74) is 5.50. The SMILES string of the molecule is Cc1ccc(CC(O)Cc2c(C)nn(C)c2Cl)cc1C. The lowest BCUT2D eigenvalue weighted by molar-refractivity contribution is 0.175. The fourth-order valence-corrected chi connectivity index (χ4v) is 2.67. The molecular formula is C16H21ClN2O. The van der Waals surface area contributed by atoms with Crippen molar-refractivity contribution in [1.82, 2.24) is 9.78 Å². The fourth-order valence-electron chi connectivity index (χ4n) is 2.42. The highest BCUT2D eigenvalue weighted by atomic mass is 35.5. The number of benzene rings is 1. The number of aromatic nitrogens is 2. The van der Waals surface area contributed by atoms with Crippen LogP contribution >= 0.6 is 11.6 Å². The van der Waals surface area contributed by atoms with Crippen molar-refractivity contribution in [3.63, 3.8) is 0 Å². The molecule has 108 valence electrons. The Kier molecular flexibility index (Phi) is 4.51. The second-order valence-electron chi connectivity index (χ2n) is 5.46. The first kappa shape index (κ1) is 15.1. The maximum atomic E-state index is 10.3. The van der Waals surface area contributed by atoms with Crippen molar-refractivity contribution in [2.45, 2.75) is 39.7 Å². The van der Waals surface area contributed by atoms with Crippen LogP contribution in [0.5, 0.6) is 0 Å². The van der Waals surface area contributed by atoms with Crippen LogP contribution in [0, 0.1) is 20.8 Å². The highest BCUT2D eigenvalue weighted by Gasteiger charge is 2.16. The van der Waals surface area contributed by atoms with E-state index in [1.165, 1.54) is 11.1 Å². The molecule has 20 heavy (non-hydrogen) atoms. The van der Waals surface area contributed by atoms with E-state index < -0.39 is 6.10 Å². The van der Waals surface area contributed by atoms with E-state index in [9.17, 15) is 5.11 Å². The molecule has 2 rings (SSSR count). The van der Waals surface area contributed by atoms with Crippen LogP contribution in [0.15, 0.2) is 18.2 Å². The van der Waals surface area contributed by atoms with Gasteiger partial charge in [-0.05, 0) is 43.9 Å². The predicted octanol–water partition coefficient (Wildman–Crippen LogP) is 3.14. The van der Waals surface area contributed by atoms with Crippen LogP contribution < -0.4 is 0 Å². The molecule has 0 saturated carbocycles. The number of nitrogens with zero attached hydrogens (tertiary/aromatic N) is 2. The maximum absolute atomic E-state index is 10.3. The Morgan fingerprint density at radius 3 is 2.45 bits per heavy atom. The minimum absolute atomic E-state index is 0.447. The van der Waals surface area contributed by atoms with E-state index >= 15 is 0 Å². The maximum Gasteiger partial charge on any atom is 0.130 e. The Morgan fingerprint density at radius 2 is 1.90 bits per heavy atom. The Labute approximate surface area is 125 Å². The van der Waals surface area contributed by atoms with Crippen molar-refractivity contribution in [3.8, 4) is 0 Å². The van der Waals surface area contributed by atoms with Crippen LogP contribution in [0.4, 0.5) is 0 Å². The molecule has 1 unspecified atom stereocenters. The summed E-state index contributed by atoms with van der Waals surface area (Å²) >= 11 is 6.20. The van der Waals surface area contributed by atoms with Crippen molar-refractivity contribution in [3.05, 3.63) is 51.3 Å². The van der Waals surface area contributed by atoms with Crippen LogP contribution in [0.25, 0.3) is 0 Å². The van der Waals surface area contributed by atoms with Crippen molar-refractivity contribution < 1.29 is 5.11 Å². The molecule has 0 spiro atoms. The van der Waals surface area contributed by atoms with Crippen LogP contribution in [0.1, 0.15) is 27.9 Å². The zero-order chi connectivity index (χ0) is 14.9. The molecule has 1 heterocycles. The lowest BCUT2D eigenvalue weighted by atomic mass is 9.99. The molecule has 0 aliphatic rings. The second kappa shape index (κ2) is 5.98. The molecule has 0 aliphatic heterocycles. The standard InChI is InChI=1S/C16H21ClN2O/c1-10-5-6-13(7-11(10)2)8-14(20)9-15-12(3)18-19(4)16(15)17/h5-7,14,20H,8-9H2,1-4H3. The minimum atomic E-state index is -0.447. The van der Waals surface area contributed by atoms with E-state index in [-0.39, 0.29) is 0 Å². The lowest BCUT2D eigenvalue weighted by Crippen LogP contribution is -2.14. The summed E-state index contributed by atoms with van der Waals surface area (Å²) in [4.78, 5) is 0. The van der Waals surface area contributed by atoms with Gasteiger partial charge in [-0.1, -0.05) is 29.8 Å². The molecular weight excluding hydrogens is 272 g/mol. The summed E-state index contributed by atoms with van der Waals surface area (Å²) in [5, 5.41) is 15.2. The fraction of sp³-hybridized carbons (Fsp3) is 0.438. The van der Waals surface area contributed by atoms with E-state index in [1.54, 1.807) is 4.68 Å². The smallest absolute Gasteiger partial charge is 0.130 e. The van der Waals surface area contributed by atoms with Gasteiger partial charge in [0, 0.05) is 19.0 Å². The number of halogens is 1. The highest BCUT2D eigenvalue weighted by Crippen LogP contribution is 2.21.